The van der Waals surface area contributed by atoms with E-state index in [-0.39, 0.29) is 0 Å². The van der Waals surface area contributed by atoms with Crippen LogP contribution in [-0.2, 0) is 14.8 Å². The number of carbonyl (C=O) groups is 1. The van der Waals surface area contributed by atoms with Crippen LogP contribution in [0, 0.1) is 0 Å². The zero-order chi connectivity index (χ0) is 22.3. The van der Waals surface area contributed by atoms with Crippen molar-refractivity contribution in [2.24, 2.45) is 5.10 Å². The lowest BCUT2D eigenvalue weighted by Crippen LogP contribution is -2.46. The topological polar surface area (TPSA) is 107 Å². The third-order valence-electron chi connectivity index (χ3n) is 4.23. The zero-order valence-electron chi connectivity index (χ0n) is 17.4. The van der Waals surface area contributed by atoms with Crippen LogP contribution in [0.2, 0.25) is 0 Å². The number of sulfonamides is 1. The molecule has 9 nitrogen and oxygen atoms in total. The minimum atomic E-state index is -3.74. The first-order valence-electron chi connectivity index (χ1n) is 8.90. The van der Waals surface area contributed by atoms with Gasteiger partial charge in [0.1, 0.15) is 11.8 Å². The van der Waals surface area contributed by atoms with Crippen molar-refractivity contribution in [3.8, 4) is 17.2 Å². The van der Waals surface area contributed by atoms with Gasteiger partial charge < -0.3 is 14.2 Å². The Kier molecular flexibility index (Phi) is 7.65. The summed E-state index contributed by atoms with van der Waals surface area (Å²) in [5.74, 6) is 0.946. The predicted molar refractivity (Wildman–Crippen MR) is 115 cm³/mol. The SMILES string of the molecule is COc1ccc(N([C@@H](C)C(=O)N/N=C\c2cccc(OC)c2OC)S(C)(=O)=O)cc1. The monoisotopic (exact) mass is 435 g/mol. The van der Waals surface area contributed by atoms with E-state index in [0.29, 0.717) is 28.5 Å². The van der Waals surface area contributed by atoms with E-state index in [0.717, 1.165) is 10.6 Å². The standard InChI is InChI=1S/C20H25N3O6S/c1-14(23(30(5,25)26)16-9-11-17(27-2)12-10-16)20(24)22-21-13-15-7-6-8-18(28-3)19(15)29-4/h6-14H,1-5H3,(H,22,24)/b21-13-/t14-/m0/s1. The van der Waals surface area contributed by atoms with E-state index in [2.05, 4.69) is 10.5 Å². The van der Waals surface area contributed by atoms with Crippen LogP contribution in [0.3, 0.4) is 0 Å². The summed E-state index contributed by atoms with van der Waals surface area (Å²) in [6, 6.07) is 10.5. The summed E-state index contributed by atoms with van der Waals surface area (Å²) in [5, 5.41) is 3.93. The number of hydrogen-bond donors (Lipinski definition) is 1. The number of para-hydroxylation sites is 1. The zero-order valence-corrected chi connectivity index (χ0v) is 18.3. The number of nitrogens with zero attached hydrogens (tertiary/aromatic N) is 2. The van der Waals surface area contributed by atoms with Crippen molar-refractivity contribution in [1.82, 2.24) is 5.43 Å². The Morgan fingerprint density at radius 3 is 2.27 bits per heavy atom. The Balaban J connectivity index is 2.21. The molecule has 0 aliphatic rings. The molecule has 1 amide bonds. The average molecular weight is 436 g/mol. The highest BCUT2D eigenvalue weighted by atomic mass is 32.2. The third-order valence-corrected chi connectivity index (χ3v) is 5.47. The van der Waals surface area contributed by atoms with Gasteiger partial charge in [-0.3, -0.25) is 9.10 Å². The fourth-order valence-electron chi connectivity index (χ4n) is 2.81. The largest absolute Gasteiger partial charge is 0.497 e. The highest BCUT2D eigenvalue weighted by Gasteiger charge is 2.29. The molecular weight excluding hydrogens is 410 g/mol. The molecule has 0 aliphatic carbocycles. The molecule has 0 spiro atoms. The molecule has 1 atom stereocenters. The van der Waals surface area contributed by atoms with Gasteiger partial charge in [-0.2, -0.15) is 5.10 Å². The maximum Gasteiger partial charge on any atom is 0.263 e. The van der Waals surface area contributed by atoms with Gasteiger partial charge in [-0.25, -0.2) is 13.8 Å². The Labute approximate surface area is 176 Å². The molecule has 0 aliphatic heterocycles. The van der Waals surface area contributed by atoms with Crippen molar-refractivity contribution in [2.75, 3.05) is 31.9 Å². The minimum Gasteiger partial charge on any atom is -0.497 e. The van der Waals surface area contributed by atoms with Crippen LogP contribution in [-0.4, -0.2) is 54.2 Å². The molecule has 30 heavy (non-hydrogen) atoms. The van der Waals surface area contributed by atoms with Gasteiger partial charge in [0, 0.05) is 5.56 Å². The Morgan fingerprint density at radius 2 is 1.73 bits per heavy atom. The first kappa shape index (κ1) is 23.0. The van der Waals surface area contributed by atoms with Gasteiger partial charge in [0.2, 0.25) is 10.0 Å². The summed E-state index contributed by atoms with van der Waals surface area (Å²) in [6.07, 6.45) is 2.43. The lowest BCUT2D eigenvalue weighted by molar-refractivity contribution is -0.121. The summed E-state index contributed by atoms with van der Waals surface area (Å²) < 4.78 is 41.3. The van der Waals surface area contributed by atoms with Crippen molar-refractivity contribution in [2.45, 2.75) is 13.0 Å². The number of amides is 1. The molecule has 162 valence electrons. The third kappa shape index (κ3) is 5.41. The average Bonchev–Trinajstić information content (AvgIpc) is 2.72. The van der Waals surface area contributed by atoms with Crippen molar-refractivity contribution in [3.63, 3.8) is 0 Å². The van der Waals surface area contributed by atoms with Crippen LogP contribution in [0.1, 0.15) is 12.5 Å². The summed E-state index contributed by atoms with van der Waals surface area (Å²) in [7, 11) is 0.783. The second kappa shape index (κ2) is 9.97. The lowest BCUT2D eigenvalue weighted by Gasteiger charge is -2.27. The molecule has 10 heteroatoms. The van der Waals surface area contributed by atoms with E-state index in [1.165, 1.54) is 34.5 Å². The van der Waals surface area contributed by atoms with Crippen molar-refractivity contribution in [1.29, 1.82) is 0 Å². The molecule has 2 aromatic rings. The highest BCUT2D eigenvalue weighted by molar-refractivity contribution is 7.92. The molecule has 1 N–H and O–H groups in total. The molecule has 0 saturated heterocycles. The summed E-state index contributed by atoms with van der Waals surface area (Å²) >= 11 is 0. The van der Waals surface area contributed by atoms with Crippen LogP contribution in [0.25, 0.3) is 0 Å². The number of methoxy groups -OCH3 is 3. The van der Waals surface area contributed by atoms with Crippen LogP contribution in [0.5, 0.6) is 17.2 Å². The molecule has 0 radical (unpaired) electrons. The van der Waals surface area contributed by atoms with Gasteiger partial charge in [0.05, 0.1) is 39.5 Å². The summed E-state index contributed by atoms with van der Waals surface area (Å²) in [4.78, 5) is 12.6. The number of ether oxygens (including phenoxy) is 3. The first-order valence-corrected chi connectivity index (χ1v) is 10.7. The van der Waals surface area contributed by atoms with E-state index in [4.69, 9.17) is 14.2 Å². The van der Waals surface area contributed by atoms with E-state index in [9.17, 15) is 13.2 Å². The van der Waals surface area contributed by atoms with Crippen molar-refractivity contribution in [3.05, 3.63) is 48.0 Å². The quantitative estimate of drug-likeness (QED) is 0.477. The second-order valence-electron chi connectivity index (χ2n) is 6.25. The number of nitrogens with one attached hydrogen (secondary N) is 1. The Bertz CT molecular complexity index is 1010. The smallest absolute Gasteiger partial charge is 0.263 e. The molecular formula is C20H25N3O6S. The fraction of sp³-hybridized carbons (Fsp3) is 0.300. The maximum absolute atomic E-state index is 12.6. The minimum absolute atomic E-state index is 0.333. The van der Waals surface area contributed by atoms with E-state index in [1.807, 2.05) is 0 Å². The second-order valence-corrected chi connectivity index (χ2v) is 8.11. The lowest BCUT2D eigenvalue weighted by atomic mass is 10.2. The summed E-state index contributed by atoms with van der Waals surface area (Å²) in [6.45, 7) is 1.47. The molecule has 0 saturated carbocycles. The van der Waals surface area contributed by atoms with Gasteiger partial charge in [-0.05, 0) is 43.3 Å². The van der Waals surface area contributed by atoms with Crippen molar-refractivity contribution < 1.29 is 27.4 Å². The Hall–Kier alpha value is -3.27. The molecule has 2 rings (SSSR count). The van der Waals surface area contributed by atoms with Gasteiger partial charge in [0.25, 0.3) is 5.91 Å². The molecule has 2 aromatic carbocycles. The fourth-order valence-corrected chi connectivity index (χ4v) is 3.99. The van der Waals surface area contributed by atoms with E-state index >= 15 is 0 Å². The summed E-state index contributed by atoms with van der Waals surface area (Å²) in [5.41, 5.74) is 3.28. The molecule has 0 unspecified atom stereocenters. The highest BCUT2D eigenvalue weighted by Crippen LogP contribution is 2.29. The van der Waals surface area contributed by atoms with Crippen LogP contribution in [0.4, 0.5) is 5.69 Å². The number of anilines is 1. The molecule has 0 bridgehead atoms. The van der Waals surface area contributed by atoms with Gasteiger partial charge >= 0.3 is 0 Å². The molecule has 0 heterocycles. The van der Waals surface area contributed by atoms with Gasteiger partial charge in [-0.1, -0.05) is 6.07 Å². The Morgan fingerprint density at radius 1 is 1.07 bits per heavy atom. The predicted octanol–water partition coefficient (Wildman–Crippen LogP) is 2.02. The maximum atomic E-state index is 12.6. The van der Waals surface area contributed by atoms with Crippen LogP contribution < -0.4 is 23.9 Å². The van der Waals surface area contributed by atoms with E-state index < -0.39 is 22.0 Å². The number of benzene rings is 2. The number of rotatable bonds is 9. The van der Waals surface area contributed by atoms with Crippen LogP contribution >= 0.6 is 0 Å². The molecule has 0 aromatic heterocycles. The first-order chi connectivity index (χ1) is 14.2. The van der Waals surface area contributed by atoms with E-state index in [1.54, 1.807) is 42.5 Å². The number of hydrazone groups is 1. The van der Waals surface area contributed by atoms with Gasteiger partial charge in [0.15, 0.2) is 11.5 Å². The number of hydrogen-bond acceptors (Lipinski definition) is 7. The van der Waals surface area contributed by atoms with Crippen LogP contribution in [0.15, 0.2) is 47.6 Å². The molecule has 0 fully saturated rings. The van der Waals surface area contributed by atoms with Crippen molar-refractivity contribution >= 4 is 27.8 Å². The number of carbonyl (C=O) groups excluding carboxylic acids is 1. The normalized spacial score (nSPS) is 12.3. The van der Waals surface area contributed by atoms with Gasteiger partial charge in [-0.15, -0.1) is 0 Å².